The molecule has 0 aliphatic carbocycles. The van der Waals surface area contributed by atoms with Crippen molar-refractivity contribution in [1.29, 1.82) is 0 Å². The number of amides is 1. The molecule has 31 heavy (non-hydrogen) atoms. The van der Waals surface area contributed by atoms with E-state index in [9.17, 15) is 4.79 Å². The highest BCUT2D eigenvalue weighted by Gasteiger charge is 2.07. The molecule has 5 nitrogen and oxygen atoms in total. The monoisotopic (exact) mass is 430 g/mol. The van der Waals surface area contributed by atoms with Crippen LogP contribution in [0.3, 0.4) is 0 Å². The number of carbonyl (C=O) groups excluding carboxylic acids is 1. The smallest absolute Gasteiger partial charge is 0.251 e. The Balaban J connectivity index is 1.28. The number of thiazole rings is 1. The lowest BCUT2D eigenvalue weighted by molar-refractivity contribution is 0.0954. The first kappa shape index (κ1) is 21.0. The van der Waals surface area contributed by atoms with Gasteiger partial charge in [0.05, 0.1) is 22.9 Å². The maximum absolute atomic E-state index is 12.5. The Bertz CT molecular complexity index is 1170. The largest absolute Gasteiger partial charge is 0.352 e. The Morgan fingerprint density at radius 2 is 1.71 bits per heavy atom. The van der Waals surface area contributed by atoms with Crippen molar-refractivity contribution < 1.29 is 4.79 Å². The minimum Gasteiger partial charge on any atom is -0.352 e. The van der Waals surface area contributed by atoms with E-state index in [2.05, 4.69) is 58.0 Å². The molecule has 0 aliphatic heterocycles. The van der Waals surface area contributed by atoms with Gasteiger partial charge < -0.3 is 5.32 Å². The number of aromatic nitrogens is 3. The third-order valence-corrected chi connectivity index (χ3v) is 5.99. The lowest BCUT2D eigenvalue weighted by Gasteiger charge is -2.08. The number of hydrogen-bond donors (Lipinski definition) is 1. The molecule has 0 saturated carbocycles. The zero-order chi connectivity index (χ0) is 21.8. The average Bonchev–Trinajstić information content (AvgIpc) is 3.33. The van der Waals surface area contributed by atoms with Crippen molar-refractivity contribution in [3.63, 3.8) is 0 Å². The van der Waals surface area contributed by atoms with Crippen LogP contribution in [0.2, 0.25) is 0 Å². The summed E-state index contributed by atoms with van der Waals surface area (Å²) in [6.07, 6.45) is 0.790. The molecule has 0 unspecified atom stereocenters. The van der Waals surface area contributed by atoms with E-state index in [1.54, 1.807) is 11.3 Å². The van der Waals surface area contributed by atoms with Crippen LogP contribution in [0.1, 0.15) is 37.9 Å². The molecule has 0 spiro atoms. The van der Waals surface area contributed by atoms with Crippen LogP contribution in [0.5, 0.6) is 0 Å². The third kappa shape index (κ3) is 5.27. The Hall–Kier alpha value is -3.25. The Kier molecular flexibility index (Phi) is 6.28. The molecule has 0 fully saturated rings. The van der Waals surface area contributed by atoms with Crippen molar-refractivity contribution >= 4 is 17.2 Å². The van der Waals surface area contributed by atoms with Crippen molar-refractivity contribution in [2.45, 2.75) is 33.7 Å². The van der Waals surface area contributed by atoms with Crippen LogP contribution in [-0.2, 0) is 13.0 Å². The van der Waals surface area contributed by atoms with Gasteiger partial charge in [-0.15, -0.1) is 11.3 Å². The maximum Gasteiger partial charge on any atom is 0.251 e. The van der Waals surface area contributed by atoms with E-state index < -0.39 is 0 Å². The highest BCUT2D eigenvalue weighted by molar-refractivity contribution is 7.09. The topological polar surface area (TPSA) is 59.8 Å². The van der Waals surface area contributed by atoms with Crippen LogP contribution in [0, 0.1) is 20.8 Å². The number of nitrogens with one attached hydrogen (secondary N) is 1. The van der Waals surface area contributed by atoms with E-state index in [1.165, 1.54) is 5.56 Å². The minimum absolute atomic E-state index is 0.0489. The fourth-order valence-corrected chi connectivity index (χ4v) is 4.15. The summed E-state index contributed by atoms with van der Waals surface area (Å²) < 4.78 is 1.98. The molecule has 1 N–H and O–H groups in total. The second-order valence-electron chi connectivity index (χ2n) is 7.74. The summed E-state index contributed by atoms with van der Waals surface area (Å²) in [5, 5.41) is 10.6. The molecule has 4 rings (SSSR count). The summed E-state index contributed by atoms with van der Waals surface area (Å²) in [5.41, 5.74) is 7.28. The van der Waals surface area contributed by atoms with Crippen LogP contribution in [0.25, 0.3) is 11.3 Å². The van der Waals surface area contributed by atoms with E-state index in [-0.39, 0.29) is 5.91 Å². The normalized spacial score (nSPS) is 10.9. The van der Waals surface area contributed by atoms with E-state index in [0.29, 0.717) is 18.7 Å². The summed E-state index contributed by atoms with van der Waals surface area (Å²) in [6, 6.07) is 18.2. The van der Waals surface area contributed by atoms with E-state index in [1.807, 2.05) is 42.8 Å². The molecule has 2 heterocycles. The molecule has 158 valence electrons. The maximum atomic E-state index is 12.5. The summed E-state index contributed by atoms with van der Waals surface area (Å²) >= 11 is 1.66. The number of carbonyl (C=O) groups is 1. The first-order chi connectivity index (χ1) is 15.0. The van der Waals surface area contributed by atoms with Gasteiger partial charge in [-0.1, -0.05) is 36.4 Å². The predicted octanol–water partition coefficient (Wildman–Crippen LogP) is 4.95. The third-order valence-electron chi connectivity index (χ3n) is 5.22. The molecule has 2 aromatic carbocycles. The Labute approximate surface area is 186 Å². The van der Waals surface area contributed by atoms with Crippen molar-refractivity contribution in [1.82, 2.24) is 20.1 Å². The first-order valence-corrected chi connectivity index (χ1v) is 11.3. The van der Waals surface area contributed by atoms with E-state index in [4.69, 9.17) is 0 Å². The van der Waals surface area contributed by atoms with Crippen molar-refractivity contribution in [2.75, 3.05) is 6.54 Å². The highest BCUT2D eigenvalue weighted by Crippen LogP contribution is 2.21. The van der Waals surface area contributed by atoms with Gasteiger partial charge in [-0.05, 0) is 56.5 Å². The number of rotatable bonds is 7. The molecule has 0 radical (unpaired) electrons. The van der Waals surface area contributed by atoms with Gasteiger partial charge in [0.1, 0.15) is 0 Å². The summed E-state index contributed by atoms with van der Waals surface area (Å²) in [4.78, 5) is 17.0. The van der Waals surface area contributed by atoms with Crippen LogP contribution in [0.4, 0.5) is 0 Å². The standard InChI is InChI=1S/C25H26N4OS/c1-17-14-18(2)29(28-17)15-21-6-10-23(11-7-21)25(30)26-13-12-20-4-8-22(9-5-20)24-16-31-19(3)27-24/h4-11,14,16H,12-13,15H2,1-3H3,(H,26,30). The minimum atomic E-state index is -0.0489. The fourth-order valence-electron chi connectivity index (χ4n) is 3.53. The molecule has 6 heteroatoms. The number of aryl methyl sites for hydroxylation is 3. The number of benzene rings is 2. The molecule has 1 amide bonds. The molecule has 0 bridgehead atoms. The quantitative estimate of drug-likeness (QED) is 0.451. The molecular formula is C25H26N4OS. The van der Waals surface area contributed by atoms with Crippen LogP contribution < -0.4 is 5.32 Å². The van der Waals surface area contributed by atoms with Gasteiger partial charge in [0.2, 0.25) is 0 Å². The second kappa shape index (κ2) is 9.27. The average molecular weight is 431 g/mol. The first-order valence-electron chi connectivity index (χ1n) is 10.4. The van der Waals surface area contributed by atoms with E-state index in [0.717, 1.165) is 39.6 Å². The zero-order valence-electron chi connectivity index (χ0n) is 18.1. The van der Waals surface area contributed by atoms with Crippen LogP contribution in [0.15, 0.2) is 60.0 Å². The summed E-state index contributed by atoms with van der Waals surface area (Å²) in [6.45, 7) is 7.36. The number of hydrogen-bond acceptors (Lipinski definition) is 4. The molecular weight excluding hydrogens is 404 g/mol. The second-order valence-corrected chi connectivity index (χ2v) is 8.80. The summed E-state index contributed by atoms with van der Waals surface area (Å²) in [5.74, 6) is -0.0489. The highest BCUT2D eigenvalue weighted by atomic mass is 32.1. The van der Waals surface area contributed by atoms with Gasteiger partial charge in [0.15, 0.2) is 0 Å². The molecule has 4 aromatic rings. The van der Waals surface area contributed by atoms with Crippen LogP contribution >= 0.6 is 11.3 Å². The molecule has 0 saturated heterocycles. The predicted molar refractivity (Wildman–Crippen MR) is 126 cm³/mol. The SMILES string of the molecule is Cc1cc(C)n(Cc2ccc(C(=O)NCCc3ccc(-c4csc(C)n4)cc3)cc2)n1. The molecule has 0 atom stereocenters. The van der Waals surface area contributed by atoms with E-state index >= 15 is 0 Å². The van der Waals surface area contributed by atoms with Gasteiger partial charge in [0, 0.05) is 28.7 Å². The van der Waals surface area contributed by atoms with Gasteiger partial charge in [-0.25, -0.2) is 4.98 Å². The molecule has 0 aliphatic rings. The lowest BCUT2D eigenvalue weighted by Crippen LogP contribution is -2.25. The molecule has 2 aromatic heterocycles. The van der Waals surface area contributed by atoms with Gasteiger partial charge in [0.25, 0.3) is 5.91 Å². The van der Waals surface area contributed by atoms with Crippen LogP contribution in [-0.4, -0.2) is 27.2 Å². The number of nitrogens with zero attached hydrogens (tertiary/aromatic N) is 3. The lowest BCUT2D eigenvalue weighted by atomic mass is 10.1. The summed E-state index contributed by atoms with van der Waals surface area (Å²) in [7, 11) is 0. The Morgan fingerprint density at radius 1 is 1.00 bits per heavy atom. The zero-order valence-corrected chi connectivity index (χ0v) is 18.9. The van der Waals surface area contributed by atoms with Crippen molar-refractivity contribution in [2.24, 2.45) is 0 Å². The fraction of sp³-hybridized carbons (Fsp3) is 0.240. The van der Waals surface area contributed by atoms with Gasteiger partial charge in [-0.2, -0.15) is 5.10 Å². The van der Waals surface area contributed by atoms with Gasteiger partial charge >= 0.3 is 0 Å². The van der Waals surface area contributed by atoms with Crippen molar-refractivity contribution in [3.05, 3.63) is 93.1 Å². The van der Waals surface area contributed by atoms with Crippen molar-refractivity contribution in [3.8, 4) is 11.3 Å². The Morgan fingerprint density at radius 3 is 2.32 bits per heavy atom. The van der Waals surface area contributed by atoms with Gasteiger partial charge in [-0.3, -0.25) is 9.48 Å².